The number of carbonyl (C=O) groups is 1. The fourth-order valence-electron chi connectivity index (χ4n) is 2.60. The minimum absolute atomic E-state index is 0.107. The fraction of sp³-hybridized carbons (Fsp3) is 0.158. The number of amides is 1. The van der Waals surface area contributed by atoms with E-state index >= 15 is 0 Å². The van der Waals surface area contributed by atoms with Crippen molar-refractivity contribution in [2.45, 2.75) is 11.7 Å². The van der Waals surface area contributed by atoms with Crippen molar-refractivity contribution < 1.29 is 9.90 Å². The molecule has 128 valence electrons. The Bertz CT molecular complexity index is 860. The van der Waals surface area contributed by atoms with Crippen LogP contribution in [0, 0.1) is 0 Å². The molecule has 1 N–H and O–H groups in total. The molecule has 0 saturated carbocycles. The van der Waals surface area contributed by atoms with E-state index in [1.54, 1.807) is 42.4 Å². The number of benzene rings is 2. The third kappa shape index (κ3) is 3.69. The number of hydrogen-bond donors (Lipinski definition) is 1. The molecule has 1 aromatic heterocycles. The molecule has 25 heavy (non-hydrogen) atoms. The number of para-hydroxylation sites is 1. The molecule has 0 aliphatic heterocycles. The lowest BCUT2D eigenvalue weighted by molar-refractivity contribution is 0.0776. The number of nitrogens with zero attached hydrogens (tertiary/aromatic N) is 3. The summed E-state index contributed by atoms with van der Waals surface area (Å²) in [4.78, 5) is 19.0. The Morgan fingerprint density at radius 3 is 2.48 bits per heavy atom. The highest BCUT2D eigenvalue weighted by Gasteiger charge is 2.20. The number of carbonyl (C=O) groups excluding carboxylic acids is 1. The maximum Gasteiger partial charge on any atom is 0.272 e. The van der Waals surface area contributed by atoms with Gasteiger partial charge in [0, 0.05) is 19.3 Å². The standard InChI is InChI=1S/C19H19N3O2S/c1-21(13-14-8-10-16(23)11-9-14)18(24)17-12-20-19(25-2)22(17)15-6-4-3-5-7-15/h3-12,23H,13H2,1-2H3. The Balaban J connectivity index is 1.89. The predicted molar refractivity (Wildman–Crippen MR) is 99.2 cm³/mol. The van der Waals surface area contributed by atoms with Crippen molar-refractivity contribution in [3.8, 4) is 11.4 Å². The molecule has 0 atom stereocenters. The largest absolute Gasteiger partial charge is 0.508 e. The van der Waals surface area contributed by atoms with Crippen molar-refractivity contribution in [2.24, 2.45) is 0 Å². The number of rotatable bonds is 5. The fourth-order valence-corrected chi connectivity index (χ4v) is 3.14. The highest BCUT2D eigenvalue weighted by Crippen LogP contribution is 2.23. The third-order valence-electron chi connectivity index (χ3n) is 3.85. The monoisotopic (exact) mass is 353 g/mol. The minimum Gasteiger partial charge on any atom is -0.508 e. The molecule has 1 heterocycles. The second-order valence-corrected chi connectivity index (χ2v) is 6.40. The van der Waals surface area contributed by atoms with Crippen molar-refractivity contribution in [1.29, 1.82) is 0 Å². The SMILES string of the molecule is CSc1ncc(C(=O)N(C)Cc2ccc(O)cc2)n1-c1ccccc1. The van der Waals surface area contributed by atoms with Crippen LogP contribution in [0.4, 0.5) is 0 Å². The Labute approximate surface area is 150 Å². The Morgan fingerprint density at radius 1 is 1.16 bits per heavy atom. The summed E-state index contributed by atoms with van der Waals surface area (Å²) in [7, 11) is 1.76. The second kappa shape index (κ2) is 7.44. The summed E-state index contributed by atoms with van der Waals surface area (Å²) in [5, 5.41) is 10.1. The smallest absolute Gasteiger partial charge is 0.272 e. The maximum absolute atomic E-state index is 12.9. The summed E-state index contributed by atoms with van der Waals surface area (Å²) in [6, 6.07) is 16.6. The number of imidazole rings is 1. The molecule has 3 rings (SSSR count). The molecule has 2 aromatic carbocycles. The highest BCUT2D eigenvalue weighted by atomic mass is 32.2. The molecule has 0 saturated heterocycles. The summed E-state index contributed by atoms with van der Waals surface area (Å²) in [6.07, 6.45) is 3.56. The number of aromatic hydroxyl groups is 1. The average molecular weight is 353 g/mol. The van der Waals surface area contributed by atoms with Gasteiger partial charge in [0.25, 0.3) is 5.91 Å². The number of phenols is 1. The van der Waals surface area contributed by atoms with Gasteiger partial charge in [-0.05, 0) is 36.1 Å². The topological polar surface area (TPSA) is 58.4 Å². The maximum atomic E-state index is 12.9. The lowest BCUT2D eigenvalue weighted by atomic mass is 10.2. The van der Waals surface area contributed by atoms with E-state index in [9.17, 15) is 9.90 Å². The van der Waals surface area contributed by atoms with E-state index in [2.05, 4.69) is 4.98 Å². The number of thioether (sulfide) groups is 1. The van der Waals surface area contributed by atoms with Crippen LogP contribution in [0.2, 0.25) is 0 Å². The molecule has 0 bridgehead atoms. The van der Waals surface area contributed by atoms with Gasteiger partial charge in [-0.1, -0.05) is 42.1 Å². The lowest BCUT2D eigenvalue weighted by Gasteiger charge is -2.19. The zero-order valence-corrected chi connectivity index (χ0v) is 14.9. The highest BCUT2D eigenvalue weighted by molar-refractivity contribution is 7.98. The molecular weight excluding hydrogens is 334 g/mol. The van der Waals surface area contributed by atoms with Gasteiger partial charge in [0.2, 0.25) is 0 Å². The number of phenolic OH excluding ortho intramolecular Hbond substituents is 1. The summed E-state index contributed by atoms with van der Waals surface area (Å²) >= 11 is 1.50. The van der Waals surface area contributed by atoms with Crippen LogP contribution in [-0.4, -0.2) is 38.8 Å². The van der Waals surface area contributed by atoms with E-state index in [1.165, 1.54) is 11.8 Å². The van der Waals surface area contributed by atoms with Gasteiger partial charge >= 0.3 is 0 Å². The van der Waals surface area contributed by atoms with Gasteiger partial charge in [0.15, 0.2) is 5.16 Å². The van der Waals surface area contributed by atoms with Crippen molar-refractivity contribution in [3.05, 3.63) is 72.1 Å². The first-order chi connectivity index (χ1) is 12.1. The molecule has 6 heteroatoms. The van der Waals surface area contributed by atoms with Crippen LogP contribution in [-0.2, 0) is 6.54 Å². The molecule has 5 nitrogen and oxygen atoms in total. The predicted octanol–water partition coefficient (Wildman–Crippen LogP) is 3.57. The number of hydrogen-bond acceptors (Lipinski definition) is 4. The van der Waals surface area contributed by atoms with E-state index < -0.39 is 0 Å². The molecular formula is C19H19N3O2S. The first kappa shape index (κ1) is 17.1. The summed E-state index contributed by atoms with van der Waals surface area (Å²) in [5.74, 6) is 0.106. The van der Waals surface area contributed by atoms with Crippen LogP contribution in [0.3, 0.4) is 0 Å². The third-order valence-corrected chi connectivity index (χ3v) is 4.50. The molecule has 1 amide bonds. The first-order valence-corrected chi connectivity index (χ1v) is 9.03. The van der Waals surface area contributed by atoms with E-state index in [0.29, 0.717) is 12.2 Å². The van der Waals surface area contributed by atoms with E-state index in [-0.39, 0.29) is 11.7 Å². The van der Waals surface area contributed by atoms with Crippen LogP contribution >= 0.6 is 11.8 Å². The zero-order chi connectivity index (χ0) is 17.8. The van der Waals surface area contributed by atoms with Gasteiger partial charge in [0.05, 0.1) is 6.20 Å². The van der Waals surface area contributed by atoms with Crippen LogP contribution in [0.15, 0.2) is 66.0 Å². The van der Waals surface area contributed by atoms with Crippen molar-refractivity contribution in [3.63, 3.8) is 0 Å². The zero-order valence-electron chi connectivity index (χ0n) is 14.1. The number of aromatic nitrogens is 2. The molecule has 0 spiro atoms. The summed E-state index contributed by atoms with van der Waals surface area (Å²) in [5.41, 5.74) is 2.38. The first-order valence-electron chi connectivity index (χ1n) is 7.80. The Kier molecular flexibility index (Phi) is 5.09. The lowest BCUT2D eigenvalue weighted by Crippen LogP contribution is -2.28. The average Bonchev–Trinajstić information content (AvgIpc) is 3.07. The van der Waals surface area contributed by atoms with Gasteiger partial charge < -0.3 is 10.0 Å². The Hall–Kier alpha value is -2.73. The second-order valence-electron chi connectivity index (χ2n) is 5.63. The summed E-state index contributed by atoms with van der Waals surface area (Å²) in [6.45, 7) is 0.452. The van der Waals surface area contributed by atoms with E-state index in [1.807, 2.05) is 41.2 Å². The minimum atomic E-state index is -0.107. The van der Waals surface area contributed by atoms with Crippen molar-refractivity contribution in [2.75, 3.05) is 13.3 Å². The molecule has 0 unspecified atom stereocenters. The summed E-state index contributed by atoms with van der Waals surface area (Å²) < 4.78 is 1.88. The van der Waals surface area contributed by atoms with Gasteiger partial charge in [0.1, 0.15) is 11.4 Å². The normalized spacial score (nSPS) is 10.6. The van der Waals surface area contributed by atoms with Gasteiger partial charge in [-0.2, -0.15) is 0 Å². The van der Waals surface area contributed by atoms with Crippen LogP contribution in [0.1, 0.15) is 16.1 Å². The van der Waals surface area contributed by atoms with Gasteiger partial charge in [-0.3, -0.25) is 9.36 Å². The molecule has 0 aliphatic rings. The van der Waals surface area contributed by atoms with E-state index in [4.69, 9.17) is 0 Å². The van der Waals surface area contributed by atoms with Crippen LogP contribution in [0.25, 0.3) is 5.69 Å². The van der Waals surface area contributed by atoms with Crippen molar-refractivity contribution in [1.82, 2.24) is 14.5 Å². The molecule has 3 aromatic rings. The molecule has 0 aliphatic carbocycles. The van der Waals surface area contributed by atoms with Gasteiger partial charge in [-0.25, -0.2) is 4.98 Å². The van der Waals surface area contributed by atoms with Crippen LogP contribution in [0.5, 0.6) is 5.75 Å². The van der Waals surface area contributed by atoms with Gasteiger partial charge in [-0.15, -0.1) is 0 Å². The van der Waals surface area contributed by atoms with E-state index in [0.717, 1.165) is 16.4 Å². The quantitative estimate of drug-likeness (QED) is 0.713. The molecule has 0 radical (unpaired) electrons. The molecule has 0 fully saturated rings. The van der Waals surface area contributed by atoms with Crippen molar-refractivity contribution >= 4 is 17.7 Å². The Morgan fingerprint density at radius 2 is 1.84 bits per heavy atom. The van der Waals surface area contributed by atoms with Crippen LogP contribution < -0.4 is 0 Å².